The molecule has 0 atom stereocenters. The molecule has 0 aliphatic carbocycles. The Morgan fingerprint density at radius 2 is 0.730 bits per heavy atom. The molecular formula is C28H25ClN4O4. The third kappa shape index (κ3) is 10.6. The van der Waals surface area contributed by atoms with Crippen LogP contribution in [0.2, 0.25) is 0 Å². The van der Waals surface area contributed by atoms with E-state index in [1.807, 2.05) is 29.7 Å². The zero-order valence-electron chi connectivity index (χ0n) is 19.6. The second-order valence-electron chi connectivity index (χ2n) is 7.12. The molecule has 0 aromatic heterocycles. The lowest BCUT2D eigenvalue weighted by atomic mass is 10.2. The van der Waals surface area contributed by atoms with Gasteiger partial charge in [-0.05, 0) is 48.0 Å². The predicted molar refractivity (Wildman–Crippen MR) is 143 cm³/mol. The Hall–Kier alpha value is -4.79. The van der Waals surface area contributed by atoms with E-state index in [4.69, 9.17) is 17.4 Å². The van der Waals surface area contributed by atoms with Crippen LogP contribution in [0, 0.1) is 0 Å². The molecule has 0 bridgehead atoms. The molecule has 0 aliphatic rings. The number of hydrogen-bond acceptors (Lipinski definition) is 5. The molecule has 0 fully saturated rings. The molecule has 0 spiro atoms. The van der Waals surface area contributed by atoms with Crippen molar-refractivity contribution >= 4 is 34.6 Å². The van der Waals surface area contributed by atoms with E-state index < -0.39 is 5.24 Å². The summed E-state index contributed by atoms with van der Waals surface area (Å²) in [5, 5.41) is -0.407. The molecule has 5 N–H and O–H groups in total. The molecule has 3 amide bonds. The highest BCUT2D eigenvalue weighted by atomic mass is 35.5. The van der Waals surface area contributed by atoms with Crippen LogP contribution in [-0.4, -0.2) is 23.0 Å². The molecule has 37 heavy (non-hydrogen) atoms. The van der Waals surface area contributed by atoms with Crippen LogP contribution in [0.4, 0.5) is 0 Å². The lowest BCUT2D eigenvalue weighted by molar-refractivity contribution is 0.0846. The van der Waals surface area contributed by atoms with Crippen LogP contribution >= 0.6 is 11.6 Å². The van der Waals surface area contributed by atoms with Crippen LogP contribution < -0.4 is 22.1 Å². The Morgan fingerprint density at radius 1 is 0.459 bits per heavy atom. The van der Waals surface area contributed by atoms with Crippen molar-refractivity contribution in [1.82, 2.24) is 16.3 Å². The van der Waals surface area contributed by atoms with Gasteiger partial charge in [0, 0.05) is 22.3 Å². The van der Waals surface area contributed by atoms with Crippen LogP contribution in [0.15, 0.2) is 121 Å². The summed E-state index contributed by atoms with van der Waals surface area (Å²) in [5.41, 5.74) is 8.86. The van der Waals surface area contributed by atoms with E-state index in [-0.39, 0.29) is 17.7 Å². The van der Waals surface area contributed by atoms with Gasteiger partial charge in [0.2, 0.25) is 0 Å². The molecule has 0 radical (unpaired) electrons. The van der Waals surface area contributed by atoms with Gasteiger partial charge in [0.15, 0.2) is 0 Å². The largest absolute Gasteiger partial charge is 0.290 e. The molecule has 4 aromatic carbocycles. The fourth-order valence-electron chi connectivity index (χ4n) is 2.68. The van der Waals surface area contributed by atoms with Crippen molar-refractivity contribution in [2.45, 2.75) is 0 Å². The topological polar surface area (TPSA) is 130 Å². The summed E-state index contributed by atoms with van der Waals surface area (Å²) in [6.07, 6.45) is 0. The van der Waals surface area contributed by atoms with Crippen molar-refractivity contribution in [3.63, 3.8) is 0 Å². The highest BCUT2D eigenvalue weighted by Crippen LogP contribution is 2.01. The Morgan fingerprint density at radius 3 is 0.973 bits per heavy atom. The van der Waals surface area contributed by atoms with Gasteiger partial charge in [0.25, 0.3) is 23.0 Å². The molecular weight excluding hydrogens is 492 g/mol. The van der Waals surface area contributed by atoms with Crippen molar-refractivity contribution < 1.29 is 19.2 Å². The average molecular weight is 517 g/mol. The average Bonchev–Trinajstić information content (AvgIpc) is 2.97. The molecule has 0 heterocycles. The number of benzene rings is 4. The molecule has 0 unspecified atom stereocenters. The molecule has 188 valence electrons. The van der Waals surface area contributed by atoms with E-state index in [1.165, 1.54) is 0 Å². The minimum absolute atomic E-state index is 0.263. The van der Waals surface area contributed by atoms with Crippen molar-refractivity contribution in [2.24, 2.45) is 5.84 Å². The maximum Gasteiger partial charge on any atom is 0.269 e. The second kappa shape index (κ2) is 16.0. The molecule has 9 heteroatoms. The summed E-state index contributed by atoms with van der Waals surface area (Å²) in [7, 11) is 0. The first-order valence-electron chi connectivity index (χ1n) is 10.9. The fraction of sp³-hybridized carbons (Fsp3) is 0. The smallest absolute Gasteiger partial charge is 0.269 e. The molecule has 8 nitrogen and oxygen atoms in total. The molecule has 4 rings (SSSR count). The number of nitrogens with two attached hydrogens (primary N) is 1. The first-order valence-corrected chi connectivity index (χ1v) is 11.3. The SMILES string of the molecule is NNC(=O)c1ccccc1.O=C(Cl)c1ccccc1.O=C(NNC(=O)c1ccccc1)c1ccccc1. The lowest BCUT2D eigenvalue weighted by Crippen LogP contribution is -2.41. The molecule has 0 aliphatic heterocycles. The van der Waals surface area contributed by atoms with Gasteiger partial charge in [-0.2, -0.15) is 0 Å². The quantitative estimate of drug-likeness (QED) is 0.140. The van der Waals surface area contributed by atoms with E-state index in [9.17, 15) is 19.2 Å². The van der Waals surface area contributed by atoms with E-state index in [1.54, 1.807) is 97.1 Å². The number of halogens is 1. The molecule has 0 saturated carbocycles. The van der Waals surface area contributed by atoms with Crippen LogP contribution in [0.1, 0.15) is 41.4 Å². The third-order valence-corrected chi connectivity index (χ3v) is 4.75. The summed E-state index contributed by atoms with van der Waals surface area (Å²) in [4.78, 5) is 44.5. The van der Waals surface area contributed by atoms with E-state index in [2.05, 4.69) is 10.9 Å². The Bertz CT molecular complexity index is 1220. The Kier molecular flexibility index (Phi) is 12.3. The van der Waals surface area contributed by atoms with Gasteiger partial charge in [-0.15, -0.1) is 0 Å². The van der Waals surface area contributed by atoms with Gasteiger partial charge in [0.05, 0.1) is 0 Å². The van der Waals surface area contributed by atoms with E-state index in [0.717, 1.165) is 0 Å². The fourth-order valence-corrected chi connectivity index (χ4v) is 2.80. The van der Waals surface area contributed by atoms with Crippen molar-refractivity contribution in [2.75, 3.05) is 0 Å². The summed E-state index contributed by atoms with van der Waals surface area (Å²) in [6, 6.07) is 34.9. The maximum absolute atomic E-state index is 11.7. The number of nitrogens with one attached hydrogen (secondary N) is 3. The summed E-state index contributed by atoms with van der Waals surface area (Å²) < 4.78 is 0. The van der Waals surface area contributed by atoms with Gasteiger partial charge < -0.3 is 0 Å². The first kappa shape index (κ1) is 28.4. The number of amides is 3. The number of hydrazine groups is 2. The summed E-state index contributed by atoms with van der Waals surface area (Å²) >= 11 is 5.16. The Labute approximate surface area is 219 Å². The number of carbonyl (C=O) groups is 4. The van der Waals surface area contributed by atoms with E-state index in [0.29, 0.717) is 22.3 Å². The van der Waals surface area contributed by atoms with Crippen LogP contribution in [0.25, 0.3) is 0 Å². The highest BCUT2D eigenvalue weighted by Gasteiger charge is 2.07. The zero-order chi connectivity index (χ0) is 26.9. The zero-order valence-corrected chi connectivity index (χ0v) is 20.4. The second-order valence-corrected chi connectivity index (χ2v) is 7.46. The number of nitrogen functional groups attached to an aromatic ring is 1. The van der Waals surface area contributed by atoms with Gasteiger partial charge in [-0.25, -0.2) is 5.84 Å². The van der Waals surface area contributed by atoms with Gasteiger partial charge in [-0.3, -0.25) is 35.5 Å². The summed E-state index contributed by atoms with van der Waals surface area (Å²) in [6.45, 7) is 0. The van der Waals surface area contributed by atoms with Crippen LogP contribution in [-0.2, 0) is 0 Å². The highest BCUT2D eigenvalue weighted by molar-refractivity contribution is 6.67. The monoisotopic (exact) mass is 516 g/mol. The summed E-state index contributed by atoms with van der Waals surface area (Å²) in [5.74, 6) is 3.95. The number of carbonyl (C=O) groups excluding carboxylic acids is 4. The standard InChI is InChI=1S/C14H12N2O2.C7H5ClO.C7H8N2O/c17-13(11-7-3-1-4-8-11)15-16-14(18)12-9-5-2-6-10-12;8-7(9)6-4-2-1-3-5-6;8-9-7(10)6-4-2-1-3-5-6/h1-10H,(H,15,17)(H,16,18);1-5H;1-5H,8H2,(H,9,10). The van der Waals surface area contributed by atoms with Gasteiger partial charge in [-0.1, -0.05) is 84.9 Å². The Balaban J connectivity index is 0.000000214. The molecule has 0 saturated heterocycles. The van der Waals surface area contributed by atoms with Crippen LogP contribution in [0.3, 0.4) is 0 Å². The van der Waals surface area contributed by atoms with Crippen molar-refractivity contribution in [1.29, 1.82) is 0 Å². The van der Waals surface area contributed by atoms with Gasteiger partial charge >= 0.3 is 0 Å². The maximum atomic E-state index is 11.7. The van der Waals surface area contributed by atoms with E-state index >= 15 is 0 Å². The lowest BCUT2D eigenvalue weighted by Gasteiger charge is -2.07. The minimum Gasteiger partial charge on any atom is -0.290 e. The number of rotatable bonds is 4. The number of hydrogen-bond donors (Lipinski definition) is 4. The molecule has 4 aromatic rings. The van der Waals surface area contributed by atoms with Crippen LogP contribution in [0.5, 0.6) is 0 Å². The minimum atomic E-state index is -0.407. The van der Waals surface area contributed by atoms with Crippen molar-refractivity contribution in [3.8, 4) is 0 Å². The predicted octanol–water partition coefficient (Wildman–Crippen LogP) is 4.12. The third-order valence-electron chi connectivity index (χ3n) is 4.53. The normalized spacial score (nSPS) is 9.24. The first-order chi connectivity index (χ1) is 17.9. The van der Waals surface area contributed by atoms with Crippen molar-refractivity contribution in [3.05, 3.63) is 144 Å². The van der Waals surface area contributed by atoms with Gasteiger partial charge in [0.1, 0.15) is 0 Å².